The Morgan fingerprint density at radius 3 is 2.32 bits per heavy atom. The van der Waals surface area contributed by atoms with Crippen LogP contribution in [0.4, 0.5) is 0 Å². The first-order valence-corrected chi connectivity index (χ1v) is 9.95. The number of carbonyl (C=O) groups excluding carboxylic acids is 2. The van der Waals surface area contributed by atoms with E-state index in [0.717, 1.165) is 0 Å². The summed E-state index contributed by atoms with van der Waals surface area (Å²) in [5.41, 5.74) is 0.562. The number of carbonyl (C=O) groups is 2. The summed E-state index contributed by atoms with van der Waals surface area (Å²) >= 11 is 11.9. The van der Waals surface area contributed by atoms with E-state index in [1.54, 1.807) is 65.3 Å². The Morgan fingerprint density at radius 2 is 1.61 bits per heavy atom. The number of rotatable bonds is 4. The number of hydrogen-bond donors (Lipinski definition) is 0. The number of amides is 2. The number of benzene rings is 2. The van der Waals surface area contributed by atoms with Gasteiger partial charge in [0.1, 0.15) is 5.75 Å². The van der Waals surface area contributed by atoms with Crippen LogP contribution in [0.2, 0.25) is 10.0 Å². The molecule has 0 bridgehead atoms. The molecule has 7 heteroatoms. The maximum absolute atomic E-state index is 12.8. The van der Waals surface area contributed by atoms with E-state index in [0.29, 0.717) is 54.0 Å². The Morgan fingerprint density at radius 1 is 0.929 bits per heavy atom. The van der Waals surface area contributed by atoms with E-state index in [1.807, 2.05) is 0 Å². The van der Waals surface area contributed by atoms with Gasteiger partial charge >= 0.3 is 0 Å². The lowest BCUT2D eigenvalue weighted by atomic mass is 10.2. The Hall–Kier alpha value is -2.24. The first-order valence-electron chi connectivity index (χ1n) is 9.20. The molecule has 1 fully saturated rings. The predicted octanol–water partition coefficient (Wildman–Crippen LogP) is 4.14. The fourth-order valence-electron chi connectivity index (χ4n) is 3.17. The van der Waals surface area contributed by atoms with Gasteiger partial charge in [-0.05, 0) is 55.8 Å². The standard InChI is InChI=1S/C21H22Cl2N2O3/c1-15(28-19-8-6-17(22)7-9-19)20(26)24-10-3-11-25(13-12-24)21(27)16-4-2-5-18(23)14-16/h2,4-9,14-15H,3,10-13H2,1H3. The van der Waals surface area contributed by atoms with Gasteiger partial charge in [0.15, 0.2) is 6.10 Å². The van der Waals surface area contributed by atoms with Crippen molar-refractivity contribution < 1.29 is 14.3 Å². The smallest absolute Gasteiger partial charge is 0.263 e. The number of halogens is 2. The molecule has 0 N–H and O–H groups in total. The van der Waals surface area contributed by atoms with Gasteiger partial charge in [0.2, 0.25) is 0 Å². The predicted molar refractivity (Wildman–Crippen MR) is 110 cm³/mol. The highest BCUT2D eigenvalue weighted by molar-refractivity contribution is 6.31. The van der Waals surface area contributed by atoms with Gasteiger partial charge in [0.25, 0.3) is 11.8 Å². The SMILES string of the molecule is CC(Oc1ccc(Cl)cc1)C(=O)N1CCCN(C(=O)c2cccc(Cl)c2)CC1. The molecule has 28 heavy (non-hydrogen) atoms. The average molecular weight is 421 g/mol. The van der Waals surface area contributed by atoms with Crippen LogP contribution in [0.25, 0.3) is 0 Å². The van der Waals surface area contributed by atoms with E-state index >= 15 is 0 Å². The minimum atomic E-state index is -0.614. The van der Waals surface area contributed by atoms with Crippen molar-refractivity contribution in [1.29, 1.82) is 0 Å². The van der Waals surface area contributed by atoms with Crippen molar-refractivity contribution >= 4 is 35.0 Å². The van der Waals surface area contributed by atoms with E-state index < -0.39 is 6.10 Å². The number of hydrogen-bond acceptors (Lipinski definition) is 3. The molecule has 0 saturated carbocycles. The van der Waals surface area contributed by atoms with Gasteiger partial charge in [-0.3, -0.25) is 9.59 Å². The van der Waals surface area contributed by atoms with Gasteiger partial charge in [-0.2, -0.15) is 0 Å². The average Bonchev–Trinajstić information content (AvgIpc) is 2.94. The van der Waals surface area contributed by atoms with E-state index in [2.05, 4.69) is 0 Å². The highest BCUT2D eigenvalue weighted by Gasteiger charge is 2.26. The lowest BCUT2D eigenvalue weighted by molar-refractivity contribution is -0.137. The first kappa shape index (κ1) is 20.5. The van der Waals surface area contributed by atoms with Crippen LogP contribution in [0.5, 0.6) is 5.75 Å². The van der Waals surface area contributed by atoms with Crippen molar-refractivity contribution in [3.8, 4) is 5.75 Å². The summed E-state index contributed by atoms with van der Waals surface area (Å²) in [5.74, 6) is 0.437. The first-order chi connectivity index (χ1) is 13.4. The summed E-state index contributed by atoms with van der Waals surface area (Å²) in [4.78, 5) is 29.0. The summed E-state index contributed by atoms with van der Waals surface area (Å²) in [5, 5.41) is 1.15. The van der Waals surface area contributed by atoms with Crippen LogP contribution >= 0.6 is 23.2 Å². The van der Waals surface area contributed by atoms with Gasteiger partial charge in [-0.1, -0.05) is 29.3 Å². The van der Waals surface area contributed by atoms with Crippen molar-refractivity contribution in [2.45, 2.75) is 19.4 Å². The molecule has 148 valence electrons. The third-order valence-electron chi connectivity index (χ3n) is 4.64. The minimum absolute atomic E-state index is 0.0674. The highest BCUT2D eigenvalue weighted by atomic mass is 35.5. The van der Waals surface area contributed by atoms with Crippen molar-refractivity contribution in [2.75, 3.05) is 26.2 Å². The van der Waals surface area contributed by atoms with Crippen LogP contribution in [-0.2, 0) is 4.79 Å². The van der Waals surface area contributed by atoms with Crippen LogP contribution in [-0.4, -0.2) is 53.9 Å². The Bertz CT molecular complexity index is 842. The zero-order chi connectivity index (χ0) is 20.1. The Balaban J connectivity index is 1.58. The topological polar surface area (TPSA) is 49.9 Å². The van der Waals surface area contributed by atoms with Crippen molar-refractivity contribution in [3.05, 3.63) is 64.1 Å². The van der Waals surface area contributed by atoms with E-state index in [4.69, 9.17) is 27.9 Å². The van der Waals surface area contributed by atoms with Crippen LogP contribution in [0.15, 0.2) is 48.5 Å². The van der Waals surface area contributed by atoms with Crippen LogP contribution in [0.1, 0.15) is 23.7 Å². The van der Waals surface area contributed by atoms with Crippen molar-refractivity contribution in [2.24, 2.45) is 0 Å². The second-order valence-corrected chi connectivity index (χ2v) is 7.57. The number of ether oxygens (including phenoxy) is 1. The van der Waals surface area contributed by atoms with Gasteiger partial charge in [-0.15, -0.1) is 0 Å². The summed E-state index contributed by atoms with van der Waals surface area (Å²) in [6, 6.07) is 13.8. The van der Waals surface area contributed by atoms with Crippen LogP contribution in [0.3, 0.4) is 0 Å². The molecule has 2 aromatic rings. The fraction of sp³-hybridized carbons (Fsp3) is 0.333. The van der Waals surface area contributed by atoms with Crippen LogP contribution < -0.4 is 4.74 Å². The quantitative estimate of drug-likeness (QED) is 0.746. The molecule has 0 radical (unpaired) electrons. The molecular weight excluding hydrogens is 399 g/mol. The second-order valence-electron chi connectivity index (χ2n) is 6.70. The maximum atomic E-state index is 12.8. The molecule has 1 atom stereocenters. The van der Waals surface area contributed by atoms with Crippen molar-refractivity contribution in [3.63, 3.8) is 0 Å². The molecule has 1 saturated heterocycles. The summed E-state index contributed by atoms with van der Waals surface area (Å²) in [7, 11) is 0. The highest BCUT2D eigenvalue weighted by Crippen LogP contribution is 2.18. The molecule has 0 spiro atoms. The Labute approximate surface area is 174 Å². The van der Waals surface area contributed by atoms with Gasteiger partial charge in [0, 0.05) is 41.8 Å². The van der Waals surface area contributed by atoms with Crippen molar-refractivity contribution in [1.82, 2.24) is 9.80 Å². The molecular formula is C21H22Cl2N2O3. The molecule has 2 aromatic carbocycles. The summed E-state index contributed by atoms with van der Waals surface area (Å²) in [6.45, 7) is 3.87. The van der Waals surface area contributed by atoms with E-state index in [-0.39, 0.29) is 11.8 Å². The van der Waals surface area contributed by atoms with Gasteiger partial charge in [0.05, 0.1) is 0 Å². The lowest BCUT2D eigenvalue weighted by Gasteiger charge is -2.25. The van der Waals surface area contributed by atoms with E-state index in [1.165, 1.54) is 0 Å². The molecule has 2 amide bonds. The zero-order valence-electron chi connectivity index (χ0n) is 15.6. The minimum Gasteiger partial charge on any atom is -0.481 e. The molecule has 1 unspecified atom stereocenters. The molecule has 3 rings (SSSR count). The third kappa shape index (κ3) is 5.18. The normalized spacial score (nSPS) is 15.7. The third-order valence-corrected chi connectivity index (χ3v) is 5.13. The number of nitrogens with zero attached hydrogens (tertiary/aromatic N) is 2. The molecule has 0 aromatic heterocycles. The summed E-state index contributed by atoms with van der Waals surface area (Å²) < 4.78 is 5.74. The molecule has 1 heterocycles. The largest absolute Gasteiger partial charge is 0.481 e. The van der Waals surface area contributed by atoms with E-state index in [9.17, 15) is 9.59 Å². The fourth-order valence-corrected chi connectivity index (χ4v) is 3.49. The van der Waals surface area contributed by atoms with Crippen LogP contribution in [0, 0.1) is 0 Å². The monoisotopic (exact) mass is 420 g/mol. The van der Waals surface area contributed by atoms with Gasteiger partial charge < -0.3 is 14.5 Å². The zero-order valence-corrected chi connectivity index (χ0v) is 17.1. The molecule has 0 aliphatic carbocycles. The van der Waals surface area contributed by atoms with Gasteiger partial charge in [-0.25, -0.2) is 0 Å². The summed E-state index contributed by atoms with van der Waals surface area (Å²) in [6.07, 6.45) is 0.0995. The molecule has 1 aliphatic rings. The Kier molecular flexibility index (Phi) is 6.81. The second kappa shape index (κ2) is 9.30. The molecule has 5 nitrogen and oxygen atoms in total. The lowest BCUT2D eigenvalue weighted by Crippen LogP contribution is -2.43. The molecule has 1 aliphatic heterocycles. The maximum Gasteiger partial charge on any atom is 0.263 e.